The molecule has 1 aliphatic rings. The van der Waals surface area contributed by atoms with Gasteiger partial charge in [-0.15, -0.1) is 0 Å². The van der Waals surface area contributed by atoms with Crippen molar-refractivity contribution < 1.29 is 24.2 Å². The van der Waals surface area contributed by atoms with Gasteiger partial charge < -0.3 is 19.9 Å². The van der Waals surface area contributed by atoms with Gasteiger partial charge in [-0.3, -0.25) is 4.79 Å². The van der Waals surface area contributed by atoms with Crippen molar-refractivity contribution in [3.63, 3.8) is 0 Å². The molecule has 178 valence electrons. The Morgan fingerprint density at radius 1 is 1.09 bits per heavy atom. The maximum absolute atomic E-state index is 12.5. The molecule has 4 rings (SSSR count). The van der Waals surface area contributed by atoms with Gasteiger partial charge in [0.1, 0.15) is 6.61 Å². The van der Waals surface area contributed by atoms with E-state index in [4.69, 9.17) is 21.1 Å². The van der Waals surface area contributed by atoms with Gasteiger partial charge in [-0.2, -0.15) is 0 Å². The Bertz CT molecular complexity index is 1340. The largest absolute Gasteiger partial charge is 0.490 e. The van der Waals surface area contributed by atoms with Crippen molar-refractivity contribution in [3.05, 3.63) is 93.3 Å². The molecule has 0 spiro atoms. The van der Waals surface area contributed by atoms with Gasteiger partial charge in [0, 0.05) is 10.6 Å². The summed E-state index contributed by atoms with van der Waals surface area (Å²) < 4.78 is 11.7. The minimum atomic E-state index is -1.09. The molecule has 0 aliphatic carbocycles. The lowest BCUT2D eigenvalue weighted by Crippen LogP contribution is -2.19. The Morgan fingerprint density at radius 3 is 2.63 bits per heavy atom. The van der Waals surface area contributed by atoms with Crippen molar-refractivity contribution in [1.82, 2.24) is 5.32 Å². The maximum atomic E-state index is 12.5. The summed E-state index contributed by atoms with van der Waals surface area (Å²) in [4.78, 5) is 28.7. The number of nitrogens with one attached hydrogen (secondary N) is 1. The van der Waals surface area contributed by atoms with E-state index in [1.807, 2.05) is 31.2 Å². The number of carbonyl (C=O) groups is 2. The fraction of sp³-hybridized carbons (Fsp3) is 0.115. The molecular weight excluding hydrogens is 488 g/mol. The molecule has 1 saturated heterocycles. The van der Waals surface area contributed by atoms with E-state index < -0.39 is 5.97 Å². The van der Waals surface area contributed by atoms with Crippen LogP contribution in [0.15, 0.2) is 76.6 Å². The smallest absolute Gasteiger partial charge is 0.337 e. The molecule has 9 heteroatoms. The molecule has 1 amide bonds. The van der Waals surface area contributed by atoms with Crippen molar-refractivity contribution in [2.24, 2.45) is 4.99 Å². The second kappa shape index (κ2) is 11.1. The van der Waals surface area contributed by atoms with Crippen molar-refractivity contribution in [3.8, 4) is 11.5 Å². The molecule has 0 aromatic heterocycles. The van der Waals surface area contributed by atoms with E-state index in [2.05, 4.69) is 10.3 Å². The van der Waals surface area contributed by atoms with Gasteiger partial charge in [-0.1, -0.05) is 48.0 Å². The second-order valence-corrected chi connectivity index (χ2v) is 8.76. The Hall–Kier alpha value is -3.75. The number of aromatic carboxylic acids is 1. The first-order valence-electron chi connectivity index (χ1n) is 10.7. The van der Waals surface area contributed by atoms with Gasteiger partial charge in [-0.05, 0) is 60.7 Å². The van der Waals surface area contributed by atoms with Gasteiger partial charge in [0.25, 0.3) is 5.91 Å². The summed E-state index contributed by atoms with van der Waals surface area (Å²) in [7, 11) is 0. The number of benzene rings is 3. The molecule has 1 heterocycles. The number of ether oxygens (including phenoxy) is 2. The third-order valence-corrected chi connectivity index (χ3v) is 6.19. The number of thioether (sulfide) groups is 1. The molecule has 1 aliphatic heterocycles. The van der Waals surface area contributed by atoms with E-state index in [9.17, 15) is 14.7 Å². The normalized spacial score (nSPS) is 15.3. The third kappa shape index (κ3) is 6.03. The van der Waals surface area contributed by atoms with E-state index in [1.54, 1.807) is 42.5 Å². The van der Waals surface area contributed by atoms with Crippen LogP contribution < -0.4 is 14.8 Å². The fourth-order valence-electron chi connectivity index (χ4n) is 3.27. The van der Waals surface area contributed by atoms with Crippen LogP contribution in [-0.4, -0.2) is 28.8 Å². The highest BCUT2D eigenvalue weighted by Gasteiger charge is 2.24. The average molecular weight is 509 g/mol. The van der Waals surface area contributed by atoms with Gasteiger partial charge in [0.2, 0.25) is 0 Å². The zero-order valence-electron chi connectivity index (χ0n) is 18.7. The number of nitrogens with zero attached hydrogens (tertiary/aromatic N) is 1. The molecule has 3 aromatic carbocycles. The number of aliphatic imine (C=N–C) groups is 1. The number of amides is 1. The summed E-state index contributed by atoms with van der Waals surface area (Å²) in [6.45, 7) is 2.61. The van der Waals surface area contributed by atoms with E-state index >= 15 is 0 Å². The van der Waals surface area contributed by atoms with E-state index in [0.717, 1.165) is 22.9 Å². The Morgan fingerprint density at radius 2 is 1.86 bits per heavy atom. The van der Waals surface area contributed by atoms with Gasteiger partial charge in [-0.25, -0.2) is 9.79 Å². The zero-order valence-corrected chi connectivity index (χ0v) is 20.2. The Kier molecular flexibility index (Phi) is 7.74. The molecule has 1 fully saturated rings. The number of halogens is 1. The zero-order chi connectivity index (χ0) is 24.8. The van der Waals surface area contributed by atoms with Crippen LogP contribution in [0.2, 0.25) is 5.02 Å². The number of carbonyl (C=O) groups excluding carboxylic acids is 1. The molecule has 3 aromatic rings. The second-order valence-electron chi connectivity index (χ2n) is 7.32. The fourth-order valence-corrected chi connectivity index (χ4v) is 4.29. The lowest BCUT2D eigenvalue weighted by atomic mass is 10.2. The minimum absolute atomic E-state index is 0.0565. The first kappa shape index (κ1) is 24.4. The summed E-state index contributed by atoms with van der Waals surface area (Å²) in [5, 5.41) is 13.0. The number of carboxylic acids is 1. The molecule has 0 atom stereocenters. The number of hydrogen-bond donors (Lipinski definition) is 2. The van der Waals surface area contributed by atoms with Crippen LogP contribution in [0.4, 0.5) is 5.69 Å². The number of rotatable bonds is 8. The lowest BCUT2D eigenvalue weighted by Gasteiger charge is -2.13. The highest BCUT2D eigenvalue weighted by Crippen LogP contribution is 2.33. The van der Waals surface area contributed by atoms with Crippen LogP contribution in [0.5, 0.6) is 11.5 Å². The number of amidine groups is 1. The summed E-state index contributed by atoms with van der Waals surface area (Å²) in [6.07, 6.45) is 1.71. The third-order valence-electron chi connectivity index (χ3n) is 4.91. The van der Waals surface area contributed by atoms with Crippen LogP contribution in [0, 0.1) is 0 Å². The van der Waals surface area contributed by atoms with Crippen LogP contribution >= 0.6 is 23.4 Å². The molecular formula is C26H21ClN2O5S. The molecule has 0 radical (unpaired) electrons. The molecule has 0 unspecified atom stereocenters. The molecule has 0 saturated carbocycles. The molecule has 2 N–H and O–H groups in total. The number of hydrogen-bond acceptors (Lipinski definition) is 6. The highest BCUT2D eigenvalue weighted by molar-refractivity contribution is 8.18. The van der Waals surface area contributed by atoms with Crippen molar-refractivity contribution in [1.29, 1.82) is 0 Å². The summed E-state index contributed by atoms with van der Waals surface area (Å²) in [6, 6.07) is 19.2. The Balaban J connectivity index is 1.54. The first-order chi connectivity index (χ1) is 16.9. The van der Waals surface area contributed by atoms with Crippen LogP contribution in [0.3, 0.4) is 0 Å². The van der Waals surface area contributed by atoms with Crippen molar-refractivity contribution >= 4 is 52.2 Å². The SMILES string of the molecule is CCOc1cc(C=C2SC(=Nc3ccccc3C(=O)O)NC2=O)ccc1OCc1ccccc1Cl. The quantitative estimate of drug-likeness (QED) is 0.367. The molecule has 35 heavy (non-hydrogen) atoms. The van der Waals surface area contributed by atoms with E-state index in [1.165, 1.54) is 6.07 Å². The monoisotopic (exact) mass is 508 g/mol. The van der Waals surface area contributed by atoms with E-state index in [-0.39, 0.29) is 23.8 Å². The van der Waals surface area contributed by atoms with Crippen molar-refractivity contribution in [2.75, 3.05) is 6.61 Å². The average Bonchev–Trinajstić information content (AvgIpc) is 3.18. The summed E-state index contributed by atoms with van der Waals surface area (Å²) in [5.41, 5.74) is 1.92. The topological polar surface area (TPSA) is 97.2 Å². The van der Waals surface area contributed by atoms with Gasteiger partial charge in [0.05, 0.1) is 22.8 Å². The maximum Gasteiger partial charge on any atom is 0.337 e. The molecule has 7 nitrogen and oxygen atoms in total. The van der Waals surface area contributed by atoms with E-state index in [0.29, 0.717) is 33.2 Å². The summed E-state index contributed by atoms with van der Waals surface area (Å²) in [5.74, 6) is -0.305. The lowest BCUT2D eigenvalue weighted by molar-refractivity contribution is -0.115. The first-order valence-corrected chi connectivity index (χ1v) is 11.9. The van der Waals surface area contributed by atoms with Crippen LogP contribution in [0.25, 0.3) is 6.08 Å². The minimum Gasteiger partial charge on any atom is -0.490 e. The highest BCUT2D eigenvalue weighted by atomic mass is 35.5. The van der Waals surface area contributed by atoms with Gasteiger partial charge >= 0.3 is 5.97 Å². The predicted molar refractivity (Wildman–Crippen MR) is 138 cm³/mol. The standard InChI is InChI=1S/C26H21ClN2O5S/c1-2-33-22-13-16(11-12-21(22)34-15-17-7-3-5-9-19(17)27)14-23-24(30)29-26(35-23)28-20-10-6-4-8-18(20)25(31)32/h3-14H,2,15H2,1H3,(H,31,32)(H,28,29,30). The summed E-state index contributed by atoms with van der Waals surface area (Å²) >= 11 is 7.35. The van der Waals surface area contributed by atoms with Crippen LogP contribution in [-0.2, 0) is 11.4 Å². The molecule has 0 bridgehead atoms. The predicted octanol–water partition coefficient (Wildman–Crippen LogP) is 5.91. The van der Waals surface area contributed by atoms with Gasteiger partial charge in [0.15, 0.2) is 16.7 Å². The number of carboxylic acid groups (broad SMARTS) is 1. The Labute approximate surface area is 211 Å². The van der Waals surface area contributed by atoms with Crippen molar-refractivity contribution in [2.45, 2.75) is 13.5 Å². The number of para-hydroxylation sites is 1. The van der Waals surface area contributed by atoms with Crippen LogP contribution in [0.1, 0.15) is 28.4 Å².